The van der Waals surface area contributed by atoms with Gasteiger partial charge in [-0.2, -0.15) is 0 Å². The number of hydrogen-bond acceptors (Lipinski definition) is 1. The summed E-state index contributed by atoms with van der Waals surface area (Å²) in [7, 11) is 1.76. The Hall–Kier alpha value is -0.980. The van der Waals surface area contributed by atoms with Crippen LogP contribution in [0, 0.1) is 6.92 Å². The smallest absolute Gasteiger partial charge is 0.122 e. The summed E-state index contributed by atoms with van der Waals surface area (Å²) >= 11 is 0. The predicted molar refractivity (Wildman–Crippen MR) is 73.0 cm³/mol. The fourth-order valence-electron chi connectivity index (χ4n) is 2.92. The quantitative estimate of drug-likeness (QED) is 0.699. The SMILES string of the molecule is COc1cc2c(cc1C)C(C)(C)CCC2(C)C. The molecule has 94 valence electrons. The number of benzene rings is 1. The molecule has 0 radical (unpaired) electrons. The Labute approximate surface area is 105 Å². The lowest BCUT2D eigenvalue weighted by molar-refractivity contribution is 0.328. The molecule has 0 N–H and O–H groups in total. The second-order valence-electron chi connectivity index (χ2n) is 6.64. The summed E-state index contributed by atoms with van der Waals surface area (Å²) in [4.78, 5) is 0. The lowest BCUT2D eigenvalue weighted by Crippen LogP contribution is -2.33. The van der Waals surface area contributed by atoms with Crippen LogP contribution in [0.3, 0.4) is 0 Å². The van der Waals surface area contributed by atoms with Gasteiger partial charge in [-0.15, -0.1) is 0 Å². The monoisotopic (exact) mass is 232 g/mol. The molecule has 0 saturated carbocycles. The van der Waals surface area contributed by atoms with Crippen LogP contribution in [0.1, 0.15) is 57.2 Å². The number of fused-ring (bicyclic) bond motifs is 1. The van der Waals surface area contributed by atoms with E-state index in [-0.39, 0.29) is 5.41 Å². The fraction of sp³-hybridized carbons (Fsp3) is 0.625. The predicted octanol–water partition coefficient (Wildman–Crippen LogP) is 4.35. The van der Waals surface area contributed by atoms with Gasteiger partial charge in [0.1, 0.15) is 5.75 Å². The Morgan fingerprint density at radius 3 is 1.88 bits per heavy atom. The summed E-state index contributed by atoms with van der Waals surface area (Å²) in [6.07, 6.45) is 2.51. The number of rotatable bonds is 1. The molecule has 0 aliphatic heterocycles. The standard InChI is InChI=1S/C16H24O/c1-11-9-12-13(10-14(11)17-6)16(4,5)8-7-15(12,2)3/h9-10H,7-8H2,1-6H3. The van der Waals surface area contributed by atoms with Crippen LogP contribution in [0.25, 0.3) is 0 Å². The maximum absolute atomic E-state index is 5.47. The van der Waals surface area contributed by atoms with Crippen LogP contribution in [-0.4, -0.2) is 7.11 Å². The van der Waals surface area contributed by atoms with Crippen LogP contribution in [0.2, 0.25) is 0 Å². The topological polar surface area (TPSA) is 9.23 Å². The van der Waals surface area contributed by atoms with Crippen molar-refractivity contribution in [3.05, 3.63) is 28.8 Å². The first kappa shape index (κ1) is 12.5. The Morgan fingerprint density at radius 1 is 0.941 bits per heavy atom. The van der Waals surface area contributed by atoms with Crippen LogP contribution in [-0.2, 0) is 10.8 Å². The molecule has 2 rings (SSSR count). The highest BCUT2D eigenvalue weighted by Gasteiger charge is 2.37. The van der Waals surface area contributed by atoms with Crippen molar-refractivity contribution in [2.45, 2.75) is 58.3 Å². The largest absolute Gasteiger partial charge is 0.496 e. The van der Waals surface area contributed by atoms with E-state index in [1.807, 2.05) is 0 Å². The van der Waals surface area contributed by atoms with Crippen molar-refractivity contribution < 1.29 is 4.74 Å². The first-order valence-electron chi connectivity index (χ1n) is 6.47. The van der Waals surface area contributed by atoms with Gasteiger partial charge in [-0.25, -0.2) is 0 Å². The maximum atomic E-state index is 5.47. The molecule has 1 nitrogen and oxygen atoms in total. The molecule has 1 aliphatic rings. The third-order valence-electron chi connectivity index (χ3n) is 4.37. The van der Waals surface area contributed by atoms with E-state index in [0.717, 1.165) is 5.75 Å². The van der Waals surface area contributed by atoms with E-state index in [9.17, 15) is 0 Å². The second-order valence-corrected chi connectivity index (χ2v) is 6.64. The number of methoxy groups -OCH3 is 1. The van der Waals surface area contributed by atoms with Gasteiger partial charge < -0.3 is 4.74 Å². The molecule has 1 heteroatoms. The average Bonchev–Trinajstić information content (AvgIpc) is 2.24. The summed E-state index contributed by atoms with van der Waals surface area (Å²) in [6, 6.07) is 4.58. The molecule has 0 fully saturated rings. The molecule has 0 unspecified atom stereocenters. The van der Waals surface area contributed by atoms with Crippen LogP contribution < -0.4 is 4.74 Å². The molecule has 17 heavy (non-hydrogen) atoms. The van der Waals surface area contributed by atoms with Crippen LogP contribution >= 0.6 is 0 Å². The highest BCUT2D eigenvalue weighted by atomic mass is 16.5. The molecular weight excluding hydrogens is 208 g/mol. The molecule has 1 aromatic carbocycles. The number of hydrogen-bond donors (Lipinski definition) is 0. The summed E-state index contributed by atoms with van der Waals surface area (Å²) in [5, 5.41) is 0. The lowest BCUT2D eigenvalue weighted by atomic mass is 9.63. The zero-order chi connectivity index (χ0) is 12.8. The third-order valence-corrected chi connectivity index (χ3v) is 4.37. The van der Waals surface area contributed by atoms with Gasteiger partial charge in [0.25, 0.3) is 0 Å². The summed E-state index contributed by atoms with van der Waals surface area (Å²) < 4.78 is 5.47. The van der Waals surface area contributed by atoms with E-state index in [0.29, 0.717) is 5.41 Å². The van der Waals surface area contributed by atoms with Crippen molar-refractivity contribution >= 4 is 0 Å². The molecular formula is C16H24O. The van der Waals surface area contributed by atoms with E-state index < -0.39 is 0 Å². The van der Waals surface area contributed by atoms with Gasteiger partial charge in [0.05, 0.1) is 7.11 Å². The molecule has 0 amide bonds. The van der Waals surface area contributed by atoms with E-state index in [1.165, 1.54) is 29.5 Å². The molecule has 0 aromatic heterocycles. The van der Waals surface area contributed by atoms with Crippen molar-refractivity contribution in [1.29, 1.82) is 0 Å². The average molecular weight is 232 g/mol. The normalized spacial score (nSPS) is 20.8. The molecule has 0 heterocycles. The highest BCUT2D eigenvalue weighted by Crippen LogP contribution is 2.47. The lowest BCUT2D eigenvalue weighted by Gasteiger charge is -2.42. The Balaban J connectivity index is 2.68. The van der Waals surface area contributed by atoms with E-state index in [1.54, 1.807) is 7.11 Å². The zero-order valence-electron chi connectivity index (χ0n) is 12.0. The zero-order valence-corrected chi connectivity index (χ0v) is 12.0. The first-order chi connectivity index (χ1) is 7.78. The Bertz CT molecular complexity index is 441. The van der Waals surface area contributed by atoms with Crippen molar-refractivity contribution in [1.82, 2.24) is 0 Å². The van der Waals surface area contributed by atoms with Gasteiger partial charge in [-0.1, -0.05) is 33.8 Å². The van der Waals surface area contributed by atoms with E-state index in [4.69, 9.17) is 4.74 Å². The molecule has 1 aliphatic carbocycles. The highest BCUT2D eigenvalue weighted by molar-refractivity contribution is 5.49. The summed E-state index contributed by atoms with van der Waals surface area (Å²) in [5.41, 5.74) is 4.79. The molecule has 0 atom stereocenters. The third kappa shape index (κ3) is 1.96. The van der Waals surface area contributed by atoms with Crippen molar-refractivity contribution in [2.75, 3.05) is 7.11 Å². The Morgan fingerprint density at radius 2 is 1.41 bits per heavy atom. The second kappa shape index (κ2) is 3.76. The minimum atomic E-state index is 0.270. The van der Waals surface area contributed by atoms with Gasteiger partial charge >= 0.3 is 0 Å². The van der Waals surface area contributed by atoms with Gasteiger partial charge in [0, 0.05) is 0 Å². The minimum Gasteiger partial charge on any atom is -0.496 e. The summed E-state index contributed by atoms with van der Waals surface area (Å²) in [5.74, 6) is 1.02. The first-order valence-corrected chi connectivity index (χ1v) is 6.47. The van der Waals surface area contributed by atoms with Crippen molar-refractivity contribution in [3.63, 3.8) is 0 Å². The van der Waals surface area contributed by atoms with E-state index in [2.05, 4.69) is 46.8 Å². The van der Waals surface area contributed by atoms with Crippen molar-refractivity contribution in [2.24, 2.45) is 0 Å². The molecule has 0 saturated heterocycles. The van der Waals surface area contributed by atoms with Crippen LogP contribution in [0.15, 0.2) is 12.1 Å². The number of aryl methyl sites for hydroxylation is 1. The Kier molecular flexibility index (Phi) is 2.76. The van der Waals surface area contributed by atoms with Gasteiger partial charge in [-0.05, 0) is 53.4 Å². The molecule has 0 bridgehead atoms. The van der Waals surface area contributed by atoms with Gasteiger partial charge in [0.2, 0.25) is 0 Å². The number of ether oxygens (including phenoxy) is 1. The van der Waals surface area contributed by atoms with Gasteiger partial charge in [-0.3, -0.25) is 0 Å². The minimum absolute atomic E-state index is 0.270. The fourth-order valence-corrected chi connectivity index (χ4v) is 2.92. The van der Waals surface area contributed by atoms with Crippen LogP contribution in [0.5, 0.6) is 5.75 Å². The van der Waals surface area contributed by atoms with Crippen LogP contribution in [0.4, 0.5) is 0 Å². The van der Waals surface area contributed by atoms with E-state index >= 15 is 0 Å². The molecule has 1 aromatic rings. The van der Waals surface area contributed by atoms with Crippen molar-refractivity contribution in [3.8, 4) is 5.75 Å². The maximum Gasteiger partial charge on any atom is 0.122 e. The molecule has 0 spiro atoms. The summed E-state index contributed by atoms with van der Waals surface area (Å²) in [6.45, 7) is 11.5. The van der Waals surface area contributed by atoms with Gasteiger partial charge in [0.15, 0.2) is 0 Å².